The number of anilines is 1. The zero-order chi connectivity index (χ0) is 22.7. The van der Waals surface area contributed by atoms with Gasteiger partial charge in [-0.25, -0.2) is 0 Å². The molecule has 2 amide bonds. The molecule has 32 heavy (non-hydrogen) atoms. The van der Waals surface area contributed by atoms with Gasteiger partial charge in [0.05, 0.1) is 11.3 Å². The fraction of sp³-hybridized carbons (Fsp3) is 0.481. The van der Waals surface area contributed by atoms with Crippen molar-refractivity contribution in [3.8, 4) is 0 Å². The largest absolute Gasteiger partial charge is 0.353 e. The minimum atomic E-state index is -0.132. The van der Waals surface area contributed by atoms with Crippen LogP contribution < -0.4 is 10.6 Å². The molecule has 4 atom stereocenters. The lowest BCUT2D eigenvalue weighted by Gasteiger charge is -2.28. The van der Waals surface area contributed by atoms with Crippen LogP contribution in [0.1, 0.15) is 61.0 Å². The van der Waals surface area contributed by atoms with Crippen LogP contribution in [0.5, 0.6) is 0 Å². The van der Waals surface area contributed by atoms with Gasteiger partial charge in [0.25, 0.3) is 5.91 Å². The fourth-order valence-corrected chi connectivity index (χ4v) is 6.48. The summed E-state index contributed by atoms with van der Waals surface area (Å²) in [4.78, 5) is 26.6. The molecule has 170 valence electrons. The summed E-state index contributed by atoms with van der Waals surface area (Å²) in [5.74, 6) is 2.54. The van der Waals surface area contributed by atoms with Crippen molar-refractivity contribution in [2.24, 2.45) is 17.8 Å². The number of nitrogens with one attached hydrogen (secondary N) is 2. The van der Waals surface area contributed by atoms with Gasteiger partial charge in [-0.2, -0.15) is 0 Å². The quantitative estimate of drug-likeness (QED) is 0.497. The molecule has 2 aliphatic carbocycles. The van der Waals surface area contributed by atoms with Crippen molar-refractivity contribution in [1.82, 2.24) is 5.32 Å². The van der Waals surface area contributed by atoms with Gasteiger partial charge in [-0.15, -0.1) is 11.8 Å². The molecule has 0 unspecified atom stereocenters. The summed E-state index contributed by atoms with van der Waals surface area (Å²) in [5, 5.41) is 6.33. The fourth-order valence-electron chi connectivity index (χ4n) is 5.62. The number of hydrogen-bond acceptors (Lipinski definition) is 3. The van der Waals surface area contributed by atoms with Gasteiger partial charge in [0.2, 0.25) is 5.91 Å². The summed E-state index contributed by atoms with van der Waals surface area (Å²) in [5.41, 5.74) is 3.67. The van der Waals surface area contributed by atoms with Gasteiger partial charge in [-0.1, -0.05) is 43.7 Å². The minimum Gasteiger partial charge on any atom is -0.353 e. The van der Waals surface area contributed by atoms with Crippen LogP contribution in [0.3, 0.4) is 0 Å². The van der Waals surface area contributed by atoms with Gasteiger partial charge >= 0.3 is 0 Å². The molecule has 2 saturated carbocycles. The maximum absolute atomic E-state index is 13.1. The van der Waals surface area contributed by atoms with Crippen LogP contribution in [-0.4, -0.2) is 23.6 Å². The predicted molar refractivity (Wildman–Crippen MR) is 132 cm³/mol. The summed E-state index contributed by atoms with van der Waals surface area (Å²) in [6.45, 7) is 6.25. The first-order chi connectivity index (χ1) is 15.5. The van der Waals surface area contributed by atoms with Crippen LogP contribution in [0, 0.1) is 24.7 Å². The van der Waals surface area contributed by atoms with Gasteiger partial charge in [-0.05, 0) is 80.5 Å². The highest BCUT2D eigenvalue weighted by molar-refractivity contribution is 8.00. The first-order valence-corrected chi connectivity index (χ1v) is 12.9. The van der Waals surface area contributed by atoms with E-state index < -0.39 is 0 Å². The number of benzene rings is 2. The maximum Gasteiger partial charge on any atom is 0.256 e. The van der Waals surface area contributed by atoms with Gasteiger partial charge in [0, 0.05) is 16.6 Å². The second-order valence-electron chi connectivity index (χ2n) is 9.40. The van der Waals surface area contributed by atoms with E-state index in [-0.39, 0.29) is 17.9 Å². The van der Waals surface area contributed by atoms with Gasteiger partial charge < -0.3 is 10.6 Å². The van der Waals surface area contributed by atoms with Crippen LogP contribution >= 0.6 is 11.8 Å². The molecular weight excluding hydrogens is 416 g/mol. The van der Waals surface area contributed by atoms with E-state index in [0.717, 1.165) is 40.0 Å². The van der Waals surface area contributed by atoms with E-state index in [1.807, 2.05) is 49.4 Å². The lowest BCUT2D eigenvalue weighted by molar-refractivity contribution is -0.119. The number of carbonyl (C=O) groups is 2. The first kappa shape index (κ1) is 22.9. The number of fused-ring (bicyclic) bond motifs is 2. The molecule has 0 aromatic heterocycles. The van der Waals surface area contributed by atoms with Crippen molar-refractivity contribution in [3.05, 3.63) is 59.2 Å². The Balaban J connectivity index is 1.37. The lowest BCUT2D eigenvalue weighted by Crippen LogP contribution is -2.40. The van der Waals surface area contributed by atoms with E-state index in [9.17, 15) is 9.59 Å². The SMILES string of the molecule is CCc1cccc(C)c1NC(=O)c1ccccc1SCC(=O)N[C@H](C)[C@H]1C[C@H]2CC[C@H]1C2. The molecule has 5 heteroatoms. The van der Waals surface area contributed by atoms with E-state index in [1.54, 1.807) is 0 Å². The lowest BCUT2D eigenvalue weighted by atomic mass is 9.84. The van der Waals surface area contributed by atoms with Gasteiger partial charge in [0.1, 0.15) is 0 Å². The first-order valence-electron chi connectivity index (χ1n) is 11.9. The third-order valence-electron chi connectivity index (χ3n) is 7.29. The molecule has 2 aliphatic rings. The summed E-state index contributed by atoms with van der Waals surface area (Å²) < 4.78 is 0. The summed E-state index contributed by atoms with van der Waals surface area (Å²) >= 11 is 1.44. The second-order valence-corrected chi connectivity index (χ2v) is 10.4. The molecular formula is C27H34N2O2S. The van der Waals surface area contributed by atoms with Gasteiger partial charge in [0.15, 0.2) is 0 Å². The highest BCUT2D eigenvalue weighted by Gasteiger charge is 2.42. The zero-order valence-corrected chi connectivity index (χ0v) is 20.1. The average Bonchev–Trinajstić information content (AvgIpc) is 3.43. The highest BCUT2D eigenvalue weighted by Crippen LogP contribution is 2.49. The predicted octanol–water partition coefficient (Wildman–Crippen LogP) is 5.84. The number of amides is 2. The standard InChI is InChI=1S/C27H34N2O2S/c1-4-20-9-7-8-17(2)26(20)29-27(31)22-10-5-6-11-24(22)32-16-25(30)28-18(3)23-15-19-12-13-21(23)14-19/h5-11,18-19,21,23H,4,12-16H2,1-3H3,(H,28,30)(H,29,31)/t18-,19+,21+,23-/m1/s1. The van der Waals surface area contributed by atoms with E-state index in [4.69, 9.17) is 0 Å². The zero-order valence-electron chi connectivity index (χ0n) is 19.3. The number of rotatable bonds is 8. The van der Waals surface area contributed by atoms with Crippen molar-refractivity contribution in [3.63, 3.8) is 0 Å². The number of thioether (sulfide) groups is 1. The Morgan fingerprint density at radius 1 is 1.09 bits per heavy atom. The normalized spacial score (nSPS) is 22.5. The van der Waals surface area contributed by atoms with Crippen LogP contribution in [0.25, 0.3) is 0 Å². The number of carbonyl (C=O) groups excluding carboxylic acids is 2. The van der Waals surface area contributed by atoms with E-state index >= 15 is 0 Å². The Labute approximate surface area is 195 Å². The molecule has 0 heterocycles. The molecule has 2 bridgehead atoms. The van der Waals surface area contributed by atoms with Crippen LogP contribution in [0.4, 0.5) is 5.69 Å². The summed E-state index contributed by atoms with van der Waals surface area (Å²) in [6.07, 6.45) is 6.17. The minimum absolute atomic E-state index is 0.0488. The molecule has 0 aliphatic heterocycles. The van der Waals surface area contributed by atoms with Crippen molar-refractivity contribution >= 4 is 29.3 Å². The highest BCUT2D eigenvalue weighted by atomic mass is 32.2. The smallest absolute Gasteiger partial charge is 0.256 e. The monoisotopic (exact) mass is 450 g/mol. The number of hydrogen-bond donors (Lipinski definition) is 2. The van der Waals surface area contributed by atoms with Crippen molar-refractivity contribution < 1.29 is 9.59 Å². The molecule has 0 radical (unpaired) electrons. The van der Waals surface area contributed by atoms with E-state index in [1.165, 1.54) is 37.4 Å². The Kier molecular flexibility index (Phi) is 7.24. The third-order valence-corrected chi connectivity index (χ3v) is 8.37. The van der Waals surface area contributed by atoms with Crippen LogP contribution in [0.2, 0.25) is 0 Å². The molecule has 2 N–H and O–H groups in total. The Morgan fingerprint density at radius 3 is 2.62 bits per heavy atom. The van der Waals surface area contributed by atoms with Crippen LogP contribution in [0.15, 0.2) is 47.4 Å². The third kappa shape index (κ3) is 5.03. The van der Waals surface area contributed by atoms with Crippen LogP contribution in [-0.2, 0) is 11.2 Å². The molecule has 4 rings (SSSR count). The Morgan fingerprint density at radius 2 is 1.91 bits per heavy atom. The number of aryl methyl sites for hydroxylation is 2. The summed E-state index contributed by atoms with van der Waals surface area (Å²) in [6, 6.07) is 13.8. The van der Waals surface area contributed by atoms with E-state index in [2.05, 4.69) is 24.5 Å². The maximum atomic E-state index is 13.1. The number of para-hydroxylation sites is 1. The van der Waals surface area contributed by atoms with Crippen molar-refractivity contribution in [2.75, 3.05) is 11.1 Å². The van der Waals surface area contributed by atoms with Gasteiger partial charge in [-0.3, -0.25) is 9.59 Å². The molecule has 0 saturated heterocycles. The summed E-state index contributed by atoms with van der Waals surface area (Å²) in [7, 11) is 0. The molecule has 2 fully saturated rings. The molecule has 2 aromatic rings. The Hall–Kier alpha value is -2.27. The van der Waals surface area contributed by atoms with Crippen molar-refractivity contribution in [1.29, 1.82) is 0 Å². The molecule has 0 spiro atoms. The topological polar surface area (TPSA) is 58.2 Å². The Bertz CT molecular complexity index is 989. The van der Waals surface area contributed by atoms with Crippen molar-refractivity contribution in [2.45, 2.75) is 63.8 Å². The second kappa shape index (κ2) is 10.1. The average molecular weight is 451 g/mol. The molecule has 4 nitrogen and oxygen atoms in total. The van der Waals surface area contributed by atoms with E-state index in [0.29, 0.717) is 17.2 Å². The molecule has 2 aromatic carbocycles.